The van der Waals surface area contributed by atoms with Crippen LogP contribution in [0.2, 0.25) is 0 Å². The Morgan fingerprint density at radius 2 is 1.79 bits per heavy atom. The van der Waals surface area contributed by atoms with Crippen LogP contribution in [0.5, 0.6) is 0 Å². The summed E-state index contributed by atoms with van der Waals surface area (Å²) in [4.78, 5) is 38.3. The van der Waals surface area contributed by atoms with Crippen molar-refractivity contribution in [1.29, 1.82) is 0 Å². The number of aliphatic hydroxyl groups excluding tert-OH is 1. The van der Waals surface area contributed by atoms with Crippen LogP contribution in [0.3, 0.4) is 0 Å². The molecule has 6 atom stereocenters. The summed E-state index contributed by atoms with van der Waals surface area (Å²) in [6.45, 7) is 0.839. The van der Waals surface area contributed by atoms with Crippen LogP contribution in [0.4, 0.5) is 0 Å². The summed E-state index contributed by atoms with van der Waals surface area (Å²) in [7, 11) is -16.5. The first kappa shape index (κ1) is 25.1. The number of aliphatic hydroxyl groups is 1. The molecular weight excluding hydrogens is 497 g/mol. The van der Waals surface area contributed by atoms with Crippen molar-refractivity contribution >= 4 is 47.9 Å². The highest BCUT2D eigenvalue weighted by Gasteiger charge is 2.45. The molecule has 1 saturated heterocycles. The van der Waals surface area contributed by atoms with Gasteiger partial charge in [-0.1, -0.05) is 19.1 Å². The number of ether oxygens (including phenoxy) is 1. The third kappa shape index (κ3) is 7.20. The zero-order valence-corrected chi connectivity index (χ0v) is 18.7. The van der Waals surface area contributed by atoms with Gasteiger partial charge in [-0.2, -0.15) is 8.62 Å². The number of nitrogens with one attached hydrogen (secondary N) is 1. The normalized spacial score (nSPS) is 29.3. The second-order valence-corrected chi connectivity index (χ2v) is 11.1. The molecule has 29 heavy (non-hydrogen) atoms. The first-order valence-electron chi connectivity index (χ1n) is 7.53. The zero-order chi connectivity index (χ0) is 22.2. The van der Waals surface area contributed by atoms with E-state index in [1.54, 1.807) is 6.92 Å². The fourth-order valence-electron chi connectivity index (χ4n) is 2.45. The Morgan fingerprint density at radius 1 is 1.17 bits per heavy atom. The number of phosphoric ester groups is 1. The molecule has 0 aliphatic carbocycles. The Labute approximate surface area is 173 Å². The topological polar surface area (TPSA) is 210 Å². The molecule has 0 bridgehead atoms. The van der Waals surface area contributed by atoms with Gasteiger partial charge >= 0.3 is 23.5 Å². The van der Waals surface area contributed by atoms with Gasteiger partial charge in [0.05, 0.1) is 12.7 Å². The van der Waals surface area contributed by atoms with Crippen molar-refractivity contribution < 1.29 is 56.3 Å². The van der Waals surface area contributed by atoms with E-state index in [0.29, 0.717) is 4.64 Å². The lowest BCUT2D eigenvalue weighted by Gasteiger charge is -2.19. The van der Waals surface area contributed by atoms with E-state index in [1.165, 1.54) is 16.8 Å². The van der Waals surface area contributed by atoms with Crippen molar-refractivity contribution in [3.05, 3.63) is 21.7 Å². The van der Waals surface area contributed by atoms with E-state index in [9.17, 15) is 23.7 Å². The molecule has 1 aromatic heterocycles. The van der Waals surface area contributed by atoms with Gasteiger partial charge in [0.1, 0.15) is 17.0 Å². The highest BCUT2D eigenvalue weighted by Crippen LogP contribution is 2.66. The van der Waals surface area contributed by atoms with Gasteiger partial charge in [0.2, 0.25) is 0 Å². The van der Waals surface area contributed by atoms with Crippen LogP contribution in [0.1, 0.15) is 13.2 Å². The summed E-state index contributed by atoms with van der Waals surface area (Å²) >= 11 is 10.1. The number of phosphoric acid groups is 3. The molecule has 0 saturated carbocycles. The second kappa shape index (κ2) is 9.15. The van der Waals surface area contributed by atoms with E-state index in [2.05, 4.69) is 18.1 Å². The van der Waals surface area contributed by atoms with E-state index in [-0.39, 0.29) is 4.77 Å². The van der Waals surface area contributed by atoms with Crippen LogP contribution in [0.25, 0.3) is 0 Å². The first-order valence-corrected chi connectivity index (χ1v) is 12.9. The highest BCUT2D eigenvalue weighted by atomic mass is 32.1. The van der Waals surface area contributed by atoms with Gasteiger partial charge in [-0.3, -0.25) is 9.09 Å². The van der Waals surface area contributed by atoms with Crippen molar-refractivity contribution in [2.75, 3.05) is 6.61 Å². The lowest BCUT2D eigenvalue weighted by atomic mass is 10.0. The lowest BCUT2D eigenvalue weighted by molar-refractivity contribution is -0.0460. The van der Waals surface area contributed by atoms with Crippen molar-refractivity contribution in [1.82, 2.24) is 9.55 Å². The van der Waals surface area contributed by atoms with Crippen LogP contribution >= 0.6 is 47.9 Å². The summed E-state index contributed by atoms with van der Waals surface area (Å²) in [5, 5.41) is 10.3. The fraction of sp³-hybridized carbons (Fsp3) is 0.600. The van der Waals surface area contributed by atoms with Crippen molar-refractivity contribution in [3.8, 4) is 0 Å². The number of aromatic amines is 1. The fourth-order valence-corrected chi connectivity index (χ4v) is 5.97. The molecule has 0 spiro atoms. The minimum atomic E-state index is -5.63. The largest absolute Gasteiger partial charge is 0.490 e. The lowest BCUT2D eigenvalue weighted by Crippen LogP contribution is -2.29. The van der Waals surface area contributed by atoms with E-state index in [0.717, 1.165) is 0 Å². The van der Waals surface area contributed by atoms with Crippen LogP contribution in [-0.2, 0) is 31.6 Å². The zero-order valence-electron chi connectivity index (χ0n) is 14.4. The number of aromatic nitrogens is 2. The van der Waals surface area contributed by atoms with E-state index >= 15 is 0 Å². The molecule has 3 unspecified atom stereocenters. The Morgan fingerprint density at radius 3 is 2.34 bits per heavy atom. The first-order chi connectivity index (χ1) is 13.1. The molecule has 0 amide bonds. The number of nitrogens with zero attached hydrogens (tertiary/aromatic N) is 1. The van der Waals surface area contributed by atoms with E-state index in [4.69, 9.17) is 43.9 Å². The molecule has 1 fully saturated rings. The third-order valence-electron chi connectivity index (χ3n) is 3.63. The molecule has 1 aliphatic heterocycles. The summed E-state index contributed by atoms with van der Waals surface area (Å²) in [6, 6.07) is 1.53. The molecule has 0 radical (unpaired) electrons. The number of rotatable bonds is 8. The molecule has 166 valence electrons. The van der Waals surface area contributed by atoms with Crippen LogP contribution in [0.15, 0.2) is 12.3 Å². The molecule has 0 aromatic carbocycles. The minimum Gasteiger partial charge on any atom is -0.390 e. The summed E-state index contributed by atoms with van der Waals surface area (Å²) in [5.74, 6) is -0.555. The maximum absolute atomic E-state index is 11.8. The maximum atomic E-state index is 11.8. The Bertz CT molecular complexity index is 1010. The standard InChI is InChI=1S/C10H17N2O12P3S2/c1-5-8(13)6(22-9(5)12-3-2-7(28)11-10(12)29)4-21-26(17,18)24-27(19,20)23-25(14,15)16/h2-3,5-6,8-9,13H,4H2,1H3,(H,17,18)(H,19,20)(H,11,28,29)(H2,14,15,16)/t5-,6+,8?,9+/m0/s1. The number of H-pyrrole nitrogens is 1. The highest BCUT2D eigenvalue weighted by molar-refractivity contribution is 7.72. The van der Waals surface area contributed by atoms with Crippen molar-refractivity contribution in [2.45, 2.75) is 25.4 Å². The van der Waals surface area contributed by atoms with Gasteiger partial charge in [-0.15, -0.1) is 0 Å². The predicted octanol–water partition coefficient (Wildman–Crippen LogP) is 1.51. The monoisotopic (exact) mass is 514 g/mol. The molecule has 1 aromatic rings. The molecule has 6 N–H and O–H groups in total. The van der Waals surface area contributed by atoms with Gasteiger partial charge in [-0.25, -0.2) is 13.7 Å². The number of hydrogen-bond acceptors (Lipinski definition) is 10. The van der Waals surface area contributed by atoms with Gasteiger partial charge < -0.3 is 34.4 Å². The van der Waals surface area contributed by atoms with Gasteiger partial charge in [0.15, 0.2) is 4.77 Å². The Kier molecular flexibility index (Phi) is 7.92. The average Bonchev–Trinajstić information content (AvgIpc) is 2.78. The second-order valence-electron chi connectivity index (χ2n) is 5.82. The molecular formula is C10H17N2O12P3S2. The van der Waals surface area contributed by atoms with Crippen LogP contribution < -0.4 is 0 Å². The van der Waals surface area contributed by atoms with Gasteiger partial charge in [0, 0.05) is 12.1 Å². The van der Waals surface area contributed by atoms with E-state index in [1.807, 2.05) is 0 Å². The quantitative estimate of drug-likeness (QED) is 0.215. The Hall–Kier alpha value is -0.150. The molecule has 1 aliphatic rings. The SMILES string of the molecule is C[C@H]1C(O)[C@@H](COP(=O)(O)OP(=O)(O)OP(=O)(O)O)O[C@H]1n1ccc(=S)[nH]c1=S. The third-order valence-corrected chi connectivity index (χ3v) is 7.98. The summed E-state index contributed by atoms with van der Waals surface area (Å²) < 4.78 is 53.0. The summed E-state index contributed by atoms with van der Waals surface area (Å²) in [5.41, 5.74) is 0. The van der Waals surface area contributed by atoms with Gasteiger partial charge in [-0.05, 0) is 18.3 Å². The molecule has 14 nitrogen and oxygen atoms in total. The average molecular weight is 514 g/mol. The maximum Gasteiger partial charge on any atom is 0.490 e. The van der Waals surface area contributed by atoms with Crippen LogP contribution in [0, 0.1) is 15.3 Å². The molecule has 19 heteroatoms. The number of hydrogen-bond donors (Lipinski definition) is 6. The summed E-state index contributed by atoms with van der Waals surface area (Å²) in [6.07, 6.45) is -1.64. The smallest absolute Gasteiger partial charge is 0.390 e. The van der Waals surface area contributed by atoms with E-state index < -0.39 is 54.4 Å². The van der Waals surface area contributed by atoms with Gasteiger partial charge in [0.25, 0.3) is 0 Å². The van der Waals surface area contributed by atoms with Crippen molar-refractivity contribution in [2.24, 2.45) is 5.92 Å². The van der Waals surface area contributed by atoms with Crippen LogP contribution in [-0.4, -0.2) is 53.0 Å². The minimum absolute atomic E-state index is 0.204. The molecule has 2 rings (SSSR count). The van der Waals surface area contributed by atoms with Crippen molar-refractivity contribution in [3.63, 3.8) is 0 Å². The molecule has 2 heterocycles. The predicted molar refractivity (Wildman–Crippen MR) is 99.3 cm³/mol. The Balaban J connectivity index is 2.06.